The van der Waals surface area contributed by atoms with Crippen LogP contribution in [0, 0.1) is 0 Å². The van der Waals surface area contributed by atoms with Crippen molar-refractivity contribution in [1.82, 2.24) is 9.97 Å². The van der Waals surface area contributed by atoms with Crippen LogP contribution in [0.1, 0.15) is 16.2 Å². The van der Waals surface area contributed by atoms with Crippen molar-refractivity contribution in [2.45, 2.75) is 0 Å². The van der Waals surface area contributed by atoms with Crippen LogP contribution in [0.2, 0.25) is 0 Å². The van der Waals surface area contributed by atoms with Gasteiger partial charge in [0.1, 0.15) is 5.39 Å². The third kappa shape index (κ3) is 3.07. The largest absolute Gasteiger partial charge is 0.504 e. The number of fused-ring (bicyclic) bond motifs is 1. The lowest BCUT2D eigenvalue weighted by molar-refractivity contribution is 0.102. The van der Waals surface area contributed by atoms with E-state index < -0.39 is 11.3 Å². The highest BCUT2D eigenvalue weighted by atomic mass is 16.5. The van der Waals surface area contributed by atoms with E-state index in [0.29, 0.717) is 5.75 Å². The predicted octanol–water partition coefficient (Wildman–Crippen LogP) is 1.89. The topological polar surface area (TPSA) is 120 Å². The highest BCUT2D eigenvalue weighted by molar-refractivity contribution is 6.07. The van der Waals surface area contributed by atoms with Gasteiger partial charge in [-0.1, -0.05) is 0 Å². The number of hydrogen-bond donors (Lipinski definition) is 2. The van der Waals surface area contributed by atoms with E-state index >= 15 is 0 Å². The number of methoxy groups -OCH3 is 4. The van der Waals surface area contributed by atoms with Gasteiger partial charge >= 0.3 is 0 Å². The maximum atomic E-state index is 12.8. The number of carbonyl (C=O) groups is 1. The Morgan fingerprint density at radius 1 is 0.964 bits per heavy atom. The molecule has 1 aromatic heterocycles. The molecule has 3 aromatic rings. The Morgan fingerprint density at radius 2 is 1.64 bits per heavy atom. The smallest absolute Gasteiger partial charge is 0.263 e. The number of carbonyl (C=O) groups excluding carboxylic acids is 1. The van der Waals surface area contributed by atoms with Crippen LogP contribution in [0.5, 0.6) is 28.7 Å². The molecular weight excluding hydrogens is 368 g/mol. The molecule has 9 heteroatoms. The molecule has 2 aromatic carbocycles. The van der Waals surface area contributed by atoms with Gasteiger partial charge in [-0.3, -0.25) is 9.59 Å². The van der Waals surface area contributed by atoms with Gasteiger partial charge in [-0.2, -0.15) is 0 Å². The number of benzene rings is 2. The molecular formula is C19H18N2O7. The number of aromatic hydroxyl groups is 1. The first-order valence-corrected chi connectivity index (χ1v) is 8.09. The minimum Gasteiger partial charge on any atom is -0.504 e. The maximum Gasteiger partial charge on any atom is 0.263 e. The lowest BCUT2D eigenvalue weighted by Gasteiger charge is -2.14. The quantitative estimate of drug-likeness (QED) is 0.616. The number of nitrogens with zero attached hydrogens (tertiary/aromatic N) is 1. The van der Waals surface area contributed by atoms with E-state index in [1.54, 1.807) is 0 Å². The molecule has 146 valence electrons. The molecule has 0 radical (unpaired) electrons. The number of ether oxygens (including phenoxy) is 4. The Kier molecular flexibility index (Phi) is 5.08. The molecule has 0 bridgehead atoms. The lowest BCUT2D eigenvalue weighted by atomic mass is 10.1. The van der Waals surface area contributed by atoms with Gasteiger partial charge in [0.15, 0.2) is 28.8 Å². The minimum atomic E-state index is -0.580. The Bertz CT molecular complexity index is 1120. The number of ketones is 1. The van der Waals surface area contributed by atoms with Crippen molar-refractivity contribution in [3.63, 3.8) is 0 Å². The molecule has 28 heavy (non-hydrogen) atoms. The molecule has 9 nitrogen and oxygen atoms in total. The molecule has 1 heterocycles. The zero-order valence-electron chi connectivity index (χ0n) is 15.7. The van der Waals surface area contributed by atoms with Crippen LogP contribution in [0.15, 0.2) is 29.1 Å². The van der Waals surface area contributed by atoms with Gasteiger partial charge in [0.2, 0.25) is 11.5 Å². The Morgan fingerprint density at radius 3 is 2.21 bits per heavy atom. The highest BCUT2D eigenvalue weighted by Gasteiger charge is 2.22. The molecule has 0 atom stereocenters. The molecule has 3 rings (SSSR count). The van der Waals surface area contributed by atoms with Crippen LogP contribution in [0.4, 0.5) is 0 Å². The van der Waals surface area contributed by atoms with Crippen molar-refractivity contribution < 1.29 is 28.8 Å². The van der Waals surface area contributed by atoms with E-state index in [-0.39, 0.29) is 45.3 Å². The Labute approximate surface area is 159 Å². The number of H-pyrrole nitrogens is 1. The van der Waals surface area contributed by atoms with Crippen molar-refractivity contribution in [1.29, 1.82) is 0 Å². The van der Waals surface area contributed by atoms with Crippen molar-refractivity contribution in [2.75, 3.05) is 28.4 Å². The van der Waals surface area contributed by atoms with E-state index in [0.717, 1.165) is 0 Å². The molecule has 0 saturated carbocycles. The van der Waals surface area contributed by atoms with E-state index in [1.807, 2.05) is 0 Å². The third-order valence-electron chi connectivity index (χ3n) is 4.16. The number of aromatic nitrogens is 2. The molecule has 0 aliphatic carbocycles. The van der Waals surface area contributed by atoms with Crippen LogP contribution in [-0.2, 0) is 0 Å². The zero-order valence-corrected chi connectivity index (χ0v) is 15.7. The van der Waals surface area contributed by atoms with Gasteiger partial charge in [0.25, 0.3) is 5.56 Å². The maximum absolute atomic E-state index is 12.8. The predicted molar refractivity (Wildman–Crippen MR) is 100 cm³/mol. The molecule has 0 unspecified atom stereocenters. The summed E-state index contributed by atoms with van der Waals surface area (Å²) in [5.74, 6) is -0.0780. The summed E-state index contributed by atoms with van der Waals surface area (Å²) in [7, 11) is 5.63. The van der Waals surface area contributed by atoms with Crippen LogP contribution >= 0.6 is 0 Å². The van der Waals surface area contributed by atoms with Crippen LogP contribution < -0.4 is 24.5 Å². The molecule has 0 aliphatic heterocycles. The van der Waals surface area contributed by atoms with Crippen molar-refractivity contribution in [3.8, 4) is 28.7 Å². The fourth-order valence-electron chi connectivity index (χ4n) is 2.84. The summed E-state index contributed by atoms with van der Waals surface area (Å²) in [5.41, 5.74) is -0.253. The average Bonchev–Trinajstić information content (AvgIpc) is 2.71. The number of aromatic amines is 1. The van der Waals surface area contributed by atoms with E-state index in [2.05, 4.69) is 9.97 Å². The zero-order chi connectivity index (χ0) is 20.4. The van der Waals surface area contributed by atoms with Gasteiger partial charge in [0, 0.05) is 11.6 Å². The van der Waals surface area contributed by atoms with Crippen molar-refractivity contribution in [2.24, 2.45) is 0 Å². The number of hydrogen-bond acceptors (Lipinski definition) is 8. The monoisotopic (exact) mass is 386 g/mol. The van der Waals surface area contributed by atoms with Gasteiger partial charge in [-0.05, 0) is 18.2 Å². The summed E-state index contributed by atoms with van der Waals surface area (Å²) >= 11 is 0. The molecule has 0 amide bonds. The van der Waals surface area contributed by atoms with Gasteiger partial charge in [0.05, 0.1) is 34.0 Å². The molecule has 0 saturated heterocycles. The fraction of sp³-hybridized carbons (Fsp3) is 0.211. The Hall–Kier alpha value is -3.75. The van der Waals surface area contributed by atoms with E-state index in [4.69, 9.17) is 18.9 Å². The van der Waals surface area contributed by atoms with Gasteiger partial charge < -0.3 is 29.0 Å². The summed E-state index contributed by atoms with van der Waals surface area (Å²) in [4.78, 5) is 32.1. The summed E-state index contributed by atoms with van der Waals surface area (Å²) in [6, 6.07) is 5.62. The van der Waals surface area contributed by atoms with Crippen LogP contribution in [0.3, 0.4) is 0 Å². The van der Waals surface area contributed by atoms with Gasteiger partial charge in [-0.25, -0.2) is 4.98 Å². The molecule has 0 spiro atoms. The first-order valence-electron chi connectivity index (χ1n) is 8.09. The number of rotatable bonds is 6. The number of phenolic OH excluding ortho intramolecular Hbond substituents is 1. The summed E-state index contributed by atoms with van der Waals surface area (Å²) in [6.45, 7) is 0. The second-order valence-corrected chi connectivity index (χ2v) is 5.67. The number of phenols is 1. The molecule has 2 N–H and O–H groups in total. The second kappa shape index (κ2) is 7.47. The lowest BCUT2D eigenvalue weighted by Crippen LogP contribution is -2.17. The fourth-order valence-corrected chi connectivity index (χ4v) is 2.84. The highest BCUT2D eigenvalue weighted by Crippen LogP contribution is 2.41. The number of nitrogens with one attached hydrogen (secondary N) is 1. The molecule has 0 aliphatic rings. The summed E-state index contributed by atoms with van der Waals surface area (Å²) in [6.07, 6.45) is 0. The molecule has 0 fully saturated rings. The first kappa shape index (κ1) is 19.0. The Balaban J connectivity index is 2.20. The van der Waals surface area contributed by atoms with Crippen LogP contribution in [0.25, 0.3) is 10.9 Å². The summed E-state index contributed by atoms with van der Waals surface area (Å²) in [5, 5.41) is 10.0. The van der Waals surface area contributed by atoms with E-state index in [1.165, 1.54) is 52.7 Å². The van der Waals surface area contributed by atoms with E-state index in [9.17, 15) is 14.7 Å². The van der Waals surface area contributed by atoms with Crippen molar-refractivity contribution in [3.05, 3.63) is 46.0 Å². The van der Waals surface area contributed by atoms with Gasteiger partial charge in [-0.15, -0.1) is 0 Å². The minimum absolute atomic E-state index is 0.120. The second-order valence-electron chi connectivity index (χ2n) is 5.67. The summed E-state index contributed by atoms with van der Waals surface area (Å²) < 4.78 is 20.8. The standard InChI is InChI=1S/C19H18N2O7/c1-25-12-6-5-9(7-11(12)22)15(23)18-20-10-8-13(26-2)16(27-3)17(28-4)14(10)19(24)21-18/h5-8,22H,1-4H3,(H,20,21,24). The average molecular weight is 386 g/mol. The third-order valence-corrected chi connectivity index (χ3v) is 4.16. The van der Waals surface area contributed by atoms with Crippen LogP contribution in [-0.4, -0.2) is 49.3 Å². The normalized spacial score (nSPS) is 10.6. The SMILES string of the molecule is COc1ccc(C(=O)c2nc3cc(OC)c(OC)c(OC)c3c(=O)[nH]2)cc1O. The first-order chi connectivity index (χ1) is 13.4. The van der Waals surface area contributed by atoms with Crippen molar-refractivity contribution >= 4 is 16.7 Å².